The number of fused-ring (bicyclic) bond motifs is 1. The van der Waals surface area contributed by atoms with Gasteiger partial charge in [-0.15, -0.1) is 0 Å². The van der Waals surface area contributed by atoms with Crippen LogP contribution >= 0.6 is 15.9 Å². The lowest BCUT2D eigenvalue weighted by Crippen LogP contribution is -2.12. The first-order valence-corrected chi connectivity index (χ1v) is 6.72. The van der Waals surface area contributed by atoms with E-state index < -0.39 is 6.10 Å². The number of halogens is 1. The minimum absolute atomic E-state index is 0.380. The van der Waals surface area contributed by atoms with Crippen LogP contribution in [0.1, 0.15) is 6.42 Å². The Morgan fingerprint density at radius 3 is 2.89 bits per heavy atom. The molecular formula is C13H13BrO4. The summed E-state index contributed by atoms with van der Waals surface area (Å²) in [6, 6.07) is 8.41. The van der Waals surface area contributed by atoms with Gasteiger partial charge in [-0.2, -0.15) is 0 Å². The Labute approximate surface area is 112 Å². The first kappa shape index (κ1) is 13.1. The summed E-state index contributed by atoms with van der Waals surface area (Å²) in [5.74, 6) is 0.624. The summed E-state index contributed by atoms with van der Waals surface area (Å²) in [5, 5.41) is 10.7. The maximum absolute atomic E-state index is 11.1. The van der Waals surface area contributed by atoms with E-state index >= 15 is 0 Å². The lowest BCUT2D eigenvalue weighted by molar-refractivity contribution is 0.160. The number of ether oxygens (including phenoxy) is 1. The molecule has 1 aromatic heterocycles. The maximum atomic E-state index is 11.1. The number of aliphatic hydroxyl groups excluding tert-OH is 1. The Morgan fingerprint density at radius 2 is 2.11 bits per heavy atom. The van der Waals surface area contributed by atoms with Crippen LogP contribution in [0.25, 0.3) is 11.0 Å². The van der Waals surface area contributed by atoms with Gasteiger partial charge in [0.1, 0.15) is 11.3 Å². The Balaban J connectivity index is 2.07. The van der Waals surface area contributed by atoms with E-state index in [1.807, 2.05) is 12.1 Å². The first-order chi connectivity index (χ1) is 8.69. The van der Waals surface area contributed by atoms with Crippen LogP contribution in [-0.2, 0) is 0 Å². The van der Waals surface area contributed by atoms with E-state index in [4.69, 9.17) is 9.15 Å². The van der Waals surface area contributed by atoms with Gasteiger partial charge in [-0.3, -0.25) is 0 Å². The van der Waals surface area contributed by atoms with E-state index in [0.717, 1.165) is 5.39 Å². The van der Waals surface area contributed by atoms with Gasteiger partial charge in [0, 0.05) is 29.3 Å². The maximum Gasteiger partial charge on any atom is 0.336 e. The van der Waals surface area contributed by atoms with Crippen molar-refractivity contribution in [1.29, 1.82) is 0 Å². The van der Waals surface area contributed by atoms with Crippen LogP contribution in [-0.4, -0.2) is 23.1 Å². The molecule has 0 aliphatic carbocycles. The SMILES string of the molecule is O=c1ccc2ccc(OCCC(O)CBr)cc2o1. The van der Waals surface area contributed by atoms with Gasteiger partial charge in [0.05, 0.1) is 12.7 Å². The number of alkyl halides is 1. The van der Waals surface area contributed by atoms with E-state index in [2.05, 4.69) is 15.9 Å². The number of hydrogen-bond donors (Lipinski definition) is 1. The molecule has 1 aromatic carbocycles. The van der Waals surface area contributed by atoms with E-state index in [1.165, 1.54) is 6.07 Å². The zero-order valence-electron chi connectivity index (χ0n) is 9.64. The average molecular weight is 313 g/mol. The Kier molecular flexibility index (Phi) is 4.38. The van der Waals surface area contributed by atoms with Gasteiger partial charge in [-0.05, 0) is 18.2 Å². The fourth-order valence-corrected chi connectivity index (χ4v) is 1.84. The predicted octanol–water partition coefficient (Wildman–Crippen LogP) is 2.32. The molecule has 1 heterocycles. The van der Waals surface area contributed by atoms with Crippen LogP contribution in [0.5, 0.6) is 5.75 Å². The molecule has 2 rings (SSSR count). The molecule has 4 nitrogen and oxygen atoms in total. The van der Waals surface area contributed by atoms with Crippen LogP contribution in [0, 0.1) is 0 Å². The van der Waals surface area contributed by atoms with Gasteiger partial charge in [0.25, 0.3) is 0 Å². The van der Waals surface area contributed by atoms with Crippen LogP contribution < -0.4 is 10.4 Å². The third-order valence-corrected chi connectivity index (χ3v) is 3.24. The van der Waals surface area contributed by atoms with E-state index in [-0.39, 0.29) is 5.63 Å². The van der Waals surface area contributed by atoms with Crippen molar-refractivity contribution < 1.29 is 14.3 Å². The summed E-state index contributed by atoms with van der Waals surface area (Å²) in [4.78, 5) is 11.1. The van der Waals surface area contributed by atoms with Crippen molar-refractivity contribution >= 4 is 26.9 Å². The van der Waals surface area contributed by atoms with Crippen molar-refractivity contribution in [3.05, 3.63) is 40.8 Å². The largest absolute Gasteiger partial charge is 0.493 e. The molecule has 2 aromatic rings. The Hall–Kier alpha value is -1.33. The van der Waals surface area contributed by atoms with Gasteiger partial charge < -0.3 is 14.3 Å². The third-order valence-electron chi connectivity index (χ3n) is 2.49. The minimum atomic E-state index is -0.414. The number of hydrogen-bond acceptors (Lipinski definition) is 4. The smallest absolute Gasteiger partial charge is 0.336 e. The molecule has 0 aliphatic heterocycles. The summed E-state index contributed by atoms with van der Waals surface area (Å²) >= 11 is 3.19. The molecule has 0 saturated carbocycles. The zero-order chi connectivity index (χ0) is 13.0. The fourth-order valence-electron chi connectivity index (χ4n) is 1.52. The van der Waals surface area contributed by atoms with Crippen molar-refractivity contribution in [3.63, 3.8) is 0 Å². The van der Waals surface area contributed by atoms with Crippen LogP contribution in [0.2, 0.25) is 0 Å². The number of aliphatic hydroxyl groups is 1. The predicted molar refractivity (Wildman–Crippen MR) is 72.4 cm³/mol. The van der Waals surface area contributed by atoms with Gasteiger partial charge in [-0.25, -0.2) is 4.79 Å². The topological polar surface area (TPSA) is 59.7 Å². The second kappa shape index (κ2) is 6.02. The molecule has 0 aliphatic rings. The average Bonchev–Trinajstić information content (AvgIpc) is 2.38. The highest BCUT2D eigenvalue weighted by molar-refractivity contribution is 9.09. The first-order valence-electron chi connectivity index (χ1n) is 5.60. The number of benzene rings is 1. The highest BCUT2D eigenvalue weighted by Gasteiger charge is 2.03. The van der Waals surface area contributed by atoms with Crippen molar-refractivity contribution in [3.8, 4) is 5.75 Å². The monoisotopic (exact) mass is 312 g/mol. The van der Waals surface area contributed by atoms with Crippen LogP contribution in [0.4, 0.5) is 0 Å². The molecule has 0 amide bonds. The Bertz CT molecular complexity index is 578. The van der Waals surface area contributed by atoms with Crippen molar-refractivity contribution in [2.24, 2.45) is 0 Å². The molecule has 0 bridgehead atoms. The minimum Gasteiger partial charge on any atom is -0.493 e. The molecule has 0 fully saturated rings. The van der Waals surface area contributed by atoms with E-state index in [9.17, 15) is 9.90 Å². The van der Waals surface area contributed by atoms with Crippen molar-refractivity contribution in [1.82, 2.24) is 0 Å². The molecule has 5 heteroatoms. The summed E-state index contributed by atoms with van der Waals surface area (Å²) in [6.45, 7) is 0.412. The normalized spacial score (nSPS) is 12.6. The number of rotatable bonds is 5. The molecule has 0 saturated heterocycles. The molecule has 0 spiro atoms. The quantitative estimate of drug-likeness (QED) is 0.680. The van der Waals surface area contributed by atoms with E-state index in [0.29, 0.717) is 29.7 Å². The van der Waals surface area contributed by atoms with Crippen molar-refractivity contribution in [2.45, 2.75) is 12.5 Å². The molecule has 1 atom stereocenters. The molecule has 1 unspecified atom stereocenters. The molecular weight excluding hydrogens is 300 g/mol. The lowest BCUT2D eigenvalue weighted by atomic mass is 10.2. The summed E-state index contributed by atoms with van der Waals surface area (Å²) in [7, 11) is 0. The third kappa shape index (κ3) is 3.34. The van der Waals surface area contributed by atoms with Gasteiger partial charge in [-0.1, -0.05) is 15.9 Å². The van der Waals surface area contributed by atoms with Crippen LogP contribution in [0.3, 0.4) is 0 Å². The van der Waals surface area contributed by atoms with Crippen molar-refractivity contribution in [2.75, 3.05) is 11.9 Å². The van der Waals surface area contributed by atoms with Gasteiger partial charge in [0.15, 0.2) is 0 Å². The fraction of sp³-hybridized carbons (Fsp3) is 0.308. The van der Waals surface area contributed by atoms with E-state index in [1.54, 1.807) is 12.1 Å². The van der Waals surface area contributed by atoms with Gasteiger partial charge >= 0.3 is 5.63 Å². The molecule has 18 heavy (non-hydrogen) atoms. The standard InChI is InChI=1S/C13H13BrO4/c14-8-10(15)5-6-17-11-3-1-9-2-4-13(16)18-12(9)7-11/h1-4,7,10,15H,5-6,8H2. The molecule has 0 radical (unpaired) electrons. The summed E-state index contributed by atoms with van der Waals surface area (Å²) in [6.07, 6.45) is 0.130. The second-order valence-corrected chi connectivity index (χ2v) is 4.55. The molecule has 96 valence electrons. The summed E-state index contributed by atoms with van der Waals surface area (Å²) < 4.78 is 10.5. The molecule has 1 N–H and O–H groups in total. The lowest BCUT2D eigenvalue weighted by Gasteiger charge is -2.09. The second-order valence-electron chi connectivity index (χ2n) is 3.90. The Morgan fingerprint density at radius 1 is 1.33 bits per heavy atom. The highest BCUT2D eigenvalue weighted by Crippen LogP contribution is 2.19. The summed E-state index contributed by atoms with van der Waals surface area (Å²) in [5.41, 5.74) is 0.121. The highest BCUT2D eigenvalue weighted by atomic mass is 79.9. The van der Waals surface area contributed by atoms with Gasteiger partial charge in [0.2, 0.25) is 0 Å². The zero-order valence-corrected chi connectivity index (χ0v) is 11.2. The van der Waals surface area contributed by atoms with Crippen LogP contribution in [0.15, 0.2) is 39.5 Å².